The maximum atomic E-state index is 12.7. The Hall–Kier alpha value is -2.77. The molecular weight excluding hydrogens is 332 g/mol. The lowest BCUT2D eigenvalue weighted by Gasteiger charge is -2.23. The van der Waals surface area contributed by atoms with E-state index in [0.717, 1.165) is 30.2 Å². The average molecular weight is 354 g/mol. The zero-order valence-electron chi connectivity index (χ0n) is 15.2. The Labute approximate surface area is 151 Å². The van der Waals surface area contributed by atoms with Crippen LogP contribution >= 0.6 is 0 Å². The number of amides is 1. The number of rotatable bonds is 2. The molecule has 0 aromatic carbocycles. The van der Waals surface area contributed by atoms with Crippen LogP contribution in [0, 0.1) is 25.7 Å². The van der Waals surface area contributed by atoms with Gasteiger partial charge in [0.25, 0.3) is 11.5 Å². The Morgan fingerprint density at radius 3 is 2.42 bits per heavy atom. The fourth-order valence-electron chi connectivity index (χ4n) is 3.95. The number of likely N-dealkylation sites (tertiary alicyclic amines) is 1. The number of carbonyl (C=O) groups is 1. The van der Waals surface area contributed by atoms with Crippen molar-refractivity contribution < 1.29 is 4.79 Å². The third-order valence-electron chi connectivity index (χ3n) is 5.56. The molecule has 4 heterocycles. The first kappa shape index (κ1) is 16.7. The summed E-state index contributed by atoms with van der Waals surface area (Å²) in [4.78, 5) is 37.0. The molecule has 2 aliphatic rings. The van der Waals surface area contributed by atoms with E-state index in [1.54, 1.807) is 13.4 Å². The lowest BCUT2D eigenvalue weighted by Crippen LogP contribution is -2.35. The van der Waals surface area contributed by atoms with E-state index in [1.807, 2.05) is 11.8 Å². The van der Waals surface area contributed by atoms with Crippen molar-refractivity contribution >= 4 is 11.7 Å². The molecule has 0 bridgehead atoms. The van der Waals surface area contributed by atoms with Gasteiger partial charge in [-0.05, 0) is 19.9 Å². The summed E-state index contributed by atoms with van der Waals surface area (Å²) >= 11 is 0. The van der Waals surface area contributed by atoms with Crippen molar-refractivity contribution in [2.45, 2.75) is 13.8 Å². The third-order valence-corrected chi connectivity index (χ3v) is 5.56. The van der Waals surface area contributed by atoms with Gasteiger partial charge in [-0.25, -0.2) is 14.6 Å². The molecule has 2 unspecified atom stereocenters. The van der Waals surface area contributed by atoms with Gasteiger partial charge in [0.05, 0.1) is 0 Å². The summed E-state index contributed by atoms with van der Waals surface area (Å²) in [5.41, 5.74) is 2.23. The molecule has 0 spiro atoms. The first-order valence-electron chi connectivity index (χ1n) is 8.81. The average Bonchev–Trinajstić information content (AvgIpc) is 3.18. The second-order valence-electron chi connectivity index (χ2n) is 7.22. The molecule has 8 nitrogen and oxygen atoms in total. The normalized spacial score (nSPS) is 22.0. The van der Waals surface area contributed by atoms with Gasteiger partial charge >= 0.3 is 0 Å². The molecule has 2 aromatic heterocycles. The summed E-state index contributed by atoms with van der Waals surface area (Å²) in [7, 11) is 1.56. The van der Waals surface area contributed by atoms with Crippen LogP contribution < -0.4 is 10.5 Å². The summed E-state index contributed by atoms with van der Waals surface area (Å²) in [5.74, 6) is 1.77. The van der Waals surface area contributed by atoms with E-state index in [1.165, 1.54) is 16.8 Å². The molecule has 8 heteroatoms. The van der Waals surface area contributed by atoms with Crippen LogP contribution in [0.1, 0.15) is 21.7 Å². The van der Waals surface area contributed by atoms with Crippen LogP contribution in [0.15, 0.2) is 23.3 Å². The van der Waals surface area contributed by atoms with Crippen molar-refractivity contribution in [2.75, 3.05) is 31.1 Å². The van der Waals surface area contributed by atoms with Gasteiger partial charge in [0, 0.05) is 62.4 Å². The van der Waals surface area contributed by atoms with Crippen molar-refractivity contribution in [3.8, 4) is 0 Å². The van der Waals surface area contributed by atoms with E-state index in [2.05, 4.69) is 26.9 Å². The van der Waals surface area contributed by atoms with E-state index < -0.39 is 0 Å². The monoisotopic (exact) mass is 354 g/mol. The highest BCUT2D eigenvalue weighted by Gasteiger charge is 2.42. The molecular formula is C18H22N6O2. The highest BCUT2D eigenvalue weighted by Crippen LogP contribution is 2.34. The summed E-state index contributed by atoms with van der Waals surface area (Å²) < 4.78 is 1.20. The maximum Gasteiger partial charge on any atom is 0.274 e. The topological polar surface area (TPSA) is 84.2 Å². The minimum atomic E-state index is -0.217. The minimum Gasteiger partial charge on any atom is -0.356 e. The molecule has 2 atom stereocenters. The standard InChI is InChI=1S/C18H22N6O2/c1-11-12(2)19-10-20-17(11)23-6-13-8-24(9-14(13)7-23)18(26)15-4-5-16(25)22(3)21-15/h4-5,10,13-14H,6-9H2,1-3H3. The molecule has 26 heavy (non-hydrogen) atoms. The number of nitrogens with zero attached hydrogens (tertiary/aromatic N) is 6. The quantitative estimate of drug-likeness (QED) is 0.776. The van der Waals surface area contributed by atoms with Crippen molar-refractivity contribution in [1.82, 2.24) is 24.6 Å². The Kier molecular flexibility index (Phi) is 3.97. The van der Waals surface area contributed by atoms with Gasteiger partial charge in [0.15, 0.2) is 0 Å². The summed E-state index contributed by atoms with van der Waals surface area (Å²) in [6.07, 6.45) is 1.62. The van der Waals surface area contributed by atoms with Crippen LogP contribution in [0.4, 0.5) is 5.82 Å². The molecule has 2 saturated heterocycles. The number of hydrogen-bond donors (Lipinski definition) is 0. The molecule has 0 aliphatic carbocycles. The van der Waals surface area contributed by atoms with Crippen LogP contribution in [0.2, 0.25) is 0 Å². The SMILES string of the molecule is Cc1ncnc(N2CC3CN(C(=O)c4ccc(=O)n(C)n4)CC3C2)c1C. The van der Waals surface area contributed by atoms with Crippen LogP contribution in [0.3, 0.4) is 0 Å². The Bertz CT molecular complexity index is 910. The third kappa shape index (κ3) is 2.75. The second kappa shape index (κ2) is 6.19. The van der Waals surface area contributed by atoms with E-state index in [9.17, 15) is 9.59 Å². The molecule has 2 aliphatic heterocycles. The van der Waals surface area contributed by atoms with Gasteiger partial charge in [-0.3, -0.25) is 9.59 Å². The molecule has 0 radical (unpaired) electrons. The first-order valence-corrected chi connectivity index (χ1v) is 8.81. The highest BCUT2D eigenvalue weighted by atomic mass is 16.2. The van der Waals surface area contributed by atoms with Crippen LogP contribution in [0.25, 0.3) is 0 Å². The lowest BCUT2D eigenvalue weighted by atomic mass is 10.0. The van der Waals surface area contributed by atoms with Gasteiger partial charge in [-0.2, -0.15) is 5.10 Å². The van der Waals surface area contributed by atoms with Crippen molar-refractivity contribution in [1.29, 1.82) is 0 Å². The molecule has 136 valence electrons. The first-order chi connectivity index (χ1) is 12.4. The van der Waals surface area contributed by atoms with E-state index >= 15 is 0 Å². The van der Waals surface area contributed by atoms with Gasteiger partial charge in [0.1, 0.15) is 17.8 Å². The molecule has 2 fully saturated rings. The molecule has 0 saturated carbocycles. The van der Waals surface area contributed by atoms with Gasteiger partial charge in [-0.1, -0.05) is 0 Å². The minimum absolute atomic E-state index is 0.101. The highest BCUT2D eigenvalue weighted by molar-refractivity contribution is 5.92. The van der Waals surface area contributed by atoms with E-state index in [0.29, 0.717) is 30.6 Å². The number of aromatic nitrogens is 4. The number of aryl methyl sites for hydroxylation is 2. The number of carbonyl (C=O) groups excluding carboxylic acids is 1. The Morgan fingerprint density at radius 1 is 1.08 bits per heavy atom. The second-order valence-corrected chi connectivity index (χ2v) is 7.22. The number of anilines is 1. The molecule has 4 rings (SSSR count). The predicted octanol–water partition coefficient (Wildman–Crippen LogP) is 0.396. The van der Waals surface area contributed by atoms with Gasteiger partial charge in [-0.15, -0.1) is 0 Å². The van der Waals surface area contributed by atoms with Crippen molar-refractivity contribution in [3.05, 3.63) is 45.8 Å². The maximum absolute atomic E-state index is 12.7. The number of fused-ring (bicyclic) bond motifs is 1. The molecule has 1 amide bonds. The summed E-state index contributed by atoms with van der Waals surface area (Å²) in [5, 5.41) is 4.08. The van der Waals surface area contributed by atoms with Gasteiger partial charge < -0.3 is 9.80 Å². The van der Waals surface area contributed by atoms with Crippen molar-refractivity contribution in [2.24, 2.45) is 18.9 Å². The van der Waals surface area contributed by atoms with Crippen LogP contribution in [0.5, 0.6) is 0 Å². The zero-order valence-corrected chi connectivity index (χ0v) is 15.2. The van der Waals surface area contributed by atoms with E-state index in [4.69, 9.17) is 0 Å². The Balaban J connectivity index is 1.46. The smallest absolute Gasteiger partial charge is 0.274 e. The van der Waals surface area contributed by atoms with Crippen LogP contribution in [-0.4, -0.2) is 56.7 Å². The summed E-state index contributed by atoms with van der Waals surface area (Å²) in [6.45, 7) is 7.28. The predicted molar refractivity (Wildman–Crippen MR) is 96.1 cm³/mol. The van der Waals surface area contributed by atoms with Crippen molar-refractivity contribution in [3.63, 3.8) is 0 Å². The largest absolute Gasteiger partial charge is 0.356 e. The molecule has 2 aromatic rings. The summed E-state index contributed by atoms with van der Waals surface area (Å²) in [6, 6.07) is 2.90. The lowest BCUT2D eigenvalue weighted by molar-refractivity contribution is 0.0774. The van der Waals surface area contributed by atoms with Crippen LogP contribution in [-0.2, 0) is 7.05 Å². The Morgan fingerprint density at radius 2 is 1.77 bits per heavy atom. The molecule has 0 N–H and O–H groups in total. The fraction of sp³-hybridized carbons (Fsp3) is 0.500. The fourth-order valence-corrected chi connectivity index (χ4v) is 3.95. The van der Waals surface area contributed by atoms with E-state index in [-0.39, 0.29) is 11.5 Å². The number of hydrogen-bond acceptors (Lipinski definition) is 6. The zero-order chi connectivity index (χ0) is 18.4. The van der Waals surface area contributed by atoms with Gasteiger partial charge in [0.2, 0.25) is 0 Å².